The van der Waals surface area contributed by atoms with Crippen LogP contribution in [-0.4, -0.2) is 15.8 Å². The van der Waals surface area contributed by atoms with Crippen LogP contribution in [0.5, 0.6) is 0 Å². The van der Waals surface area contributed by atoms with Crippen molar-refractivity contribution >= 4 is 11.6 Å². The summed E-state index contributed by atoms with van der Waals surface area (Å²) >= 11 is 6.31. The van der Waals surface area contributed by atoms with Crippen LogP contribution in [0.25, 0.3) is 0 Å². The third kappa shape index (κ3) is 2.98. The molecule has 3 nitrogen and oxygen atoms in total. The fourth-order valence-electron chi connectivity index (χ4n) is 1.93. The number of hydrogen-bond donors (Lipinski definition) is 1. The highest BCUT2D eigenvalue weighted by atomic mass is 35.5. The normalized spacial score (nSPS) is 13.1. The second-order valence-corrected chi connectivity index (χ2v) is 4.51. The average molecular weight is 244 g/mol. The molecule has 4 heteroatoms. The second-order valence-electron chi connectivity index (χ2n) is 4.13. The number of aromatic nitrogens is 2. The van der Waals surface area contributed by atoms with Crippen molar-refractivity contribution in [3.8, 4) is 0 Å². The third-order valence-corrected chi connectivity index (χ3v) is 3.25. The van der Waals surface area contributed by atoms with Crippen molar-refractivity contribution < 1.29 is 0 Å². The number of halogens is 1. The first kappa shape index (κ1) is 13.5. The van der Waals surface area contributed by atoms with Gasteiger partial charge in [-0.3, -0.25) is 4.68 Å². The van der Waals surface area contributed by atoms with E-state index in [2.05, 4.69) is 25.9 Å². The molecule has 0 aromatic carbocycles. The van der Waals surface area contributed by atoms with Gasteiger partial charge in [0.15, 0.2) is 0 Å². The summed E-state index contributed by atoms with van der Waals surface area (Å²) in [5, 5.41) is 5.30. The molecule has 1 heterocycles. The van der Waals surface area contributed by atoms with Crippen LogP contribution in [0.4, 0.5) is 0 Å². The summed E-state index contributed by atoms with van der Waals surface area (Å²) in [4.78, 5) is 0. The van der Waals surface area contributed by atoms with Crippen molar-refractivity contribution in [2.75, 3.05) is 0 Å². The topological polar surface area (TPSA) is 43.8 Å². The van der Waals surface area contributed by atoms with Gasteiger partial charge in [-0.1, -0.05) is 31.9 Å². The highest BCUT2D eigenvalue weighted by Gasteiger charge is 2.16. The molecule has 0 saturated heterocycles. The zero-order chi connectivity index (χ0) is 12.1. The van der Waals surface area contributed by atoms with Gasteiger partial charge in [-0.2, -0.15) is 5.10 Å². The van der Waals surface area contributed by atoms with E-state index in [-0.39, 0.29) is 6.04 Å². The lowest BCUT2D eigenvalue weighted by Gasteiger charge is -2.11. The van der Waals surface area contributed by atoms with Gasteiger partial charge in [0.1, 0.15) is 0 Å². The Balaban J connectivity index is 2.88. The lowest BCUT2D eigenvalue weighted by Crippen LogP contribution is -2.24. The Morgan fingerprint density at radius 1 is 1.38 bits per heavy atom. The van der Waals surface area contributed by atoms with Gasteiger partial charge in [-0.15, -0.1) is 0 Å². The molecular formula is C12H22ClN3. The van der Waals surface area contributed by atoms with Gasteiger partial charge in [-0.05, 0) is 19.8 Å². The Kier molecular flexibility index (Phi) is 5.29. The highest BCUT2D eigenvalue weighted by Crippen LogP contribution is 2.23. The van der Waals surface area contributed by atoms with Crippen LogP contribution < -0.4 is 5.73 Å². The number of hydrogen-bond acceptors (Lipinski definition) is 2. The van der Waals surface area contributed by atoms with E-state index < -0.39 is 0 Å². The Hall–Kier alpha value is -0.540. The molecule has 1 aromatic heterocycles. The molecule has 1 unspecified atom stereocenters. The van der Waals surface area contributed by atoms with Gasteiger partial charge >= 0.3 is 0 Å². The zero-order valence-corrected chi connectivity index (χ0v) is 11.2. The fourth-order valence-corrected chi connectivity index (χ4v) is 2.28. The molecule has 1 aromatic rings. The highest BCUT2D eigenvalue weighted by molar-refractivity contribution is 6.31. The maximum Gasteiger partial charge on any atom is 0.0850 e. The van der Waals surface area contributed by atoms with E-state index in [1.807, 2.05) is 4.68 Å². The molecule has 92 valence electrons. The van der Waals surface area contributed by atoms with Crippen LogP contribution in [0, 0.1) is 0 Å². The van der Waals surface area contributed by atoms with E-state index in [1.54, 1.807) is 0 Å². The minimum Gasteiger partial charge on any atom is -0.327 e. The number of aryl methyl sites for hydroxylation is 2. The van der Waals surface area contributed by atoms with E-state index in [9.17, 15) is 0 Å². The van der Waals surface area contributed by atoms with Crippen molar-refractivity contribution in [2.45, 2.75) is 59.0 Å². The summed E-state index contributed by atoms with van der Waals surface area (Å²) in [6, 6.07) is 0.189. The number of nitrogens with two attached hydrogens (primary N) is 1. The summed E-state index contributed by atoms with van der Waals surface area (Å²) in [6.45, 7) is 7.16. The predicted molar refractivity (Wildman–Crippen MR) is 68.9 cm³/mol. The molecule has 0 spiro atoms. The summed E-state index contributed by atoms with van der Waals surface area (Å²) in [5.41, 5.74) is 8.15. The molecule has 1 atom stereocenters. The predicted octanol–water partition coefficient (Wildman–Crippen LogP) is 2.79. The fraction of sp³-hybridized carbons (Fsp3) is 0.750. The Morgan fingerprint density at radius 2 is 2.06 bits per heavy atom. The molecular weight excluding hydrogens is 222 g/mol. The number of rotatable bonds is 6. The Labute approximate surface area is 103 Å². The first-order valence-corrected chi connectivity index (χ1v) is 6.51. The van der Waals surface area contributed by atoms with Crippen LogP contribution in [0.1, 0.15) is 45.0 Å². The summed E-state index contributed by atoms with van der Waals surface area (Å²) in [7, 11) is 0. The molecule has 16 heavy (non-hydrogen) atoms. The molecule has 2 N–H and O–H groups in total. The van der Waals surface area contributed by atoms with Gasteiger partial charge < -0.3 is 5.73 Å². The summed E-state index contributed by atoms with van der Waals surface area (Å²) < 4.78 is 1.98. The summed E-state index contributed by atoms with van der Waals surface area (Å²) in [6.07, 6.45) is 3.85. The molecule has 0 bridgehead atoms. The van der Waals surface area contributed by atoms with Crippen LogP contribution >= 0.6 is 11.6 Å². The standard InChI is InChI=1S/C12H22ClN3/c1-4-7-9(14)8-11-12(13)10(5-2)15-16(11)6-3/h9H,4-8,14H2,1-3H3. The van der Waals surface area contributed by atoms with Crippen molar-refractivity contribution in [3.05, 3.63) is 16.4 Å². The first-order chi connectivity index (χ1) is 7.63. The van der Waals surface area contributed by atoms with E-state index in [0.717, 1.165) is 48.6 Å². The van der Waals surface area contributed by atoms with Gasteiger partial charge in [-0.25, -0.2) is 0 Å². The lowest BCUT2D eigenvalue weighted by molar-refractivity contribution is 0.549. The molecule has 1 rings (SSSR count). The lowest BCUT2D eigenvalue weighted by atomic mass is 10.1. The second kappa shape index (κ2) is 6.26. The van der Waals surface area contributed by atoms with E-state index >= 15 is 0 Å². The third-order valence-electron chi connectivity index (χ3n) is 2.81. The Bertz CT molecular complexity index is 333. The van der Waals surface area contributed by atoms with Crippen molar-refractivity contribution in [3.63, 3.8) is 0 Å². The minimum atomic E-state index is 0.189. The van der Waals surface area contributed by atoms with Crippen molar-refractivity contribution in [1.29, 1.82) is 0 Å². The molecule has 0 aliphatic carbocycles. The van der Waals surface area contributed by atoms with Crippen molar-refractivity contribution in [2.24, 2.45) is 5.73 Å². The molecule has 0 fully saturated rings. The Morgan fingerprint density at radius 3 is 2.56 bits per heavy atom. The SMILES string of the molecule is CCCC(N)Cc1c(Cl)c(CC)nn1CC. The molecule has 0 saturated carbocycles. The van der Waals surface area contributed by atoms with Crippen molar-refractivity contribution in [1.82, 2.24) is 9.78 Å². The smallest absolute Gasteiger partial charge is 0.0850 e. The van der Waals surface area contributed by atoms with Crippen LogP contribution in [0.15, 0.2) is 0 Å². The van der Waals surface area contributed by atoms with E-state index in [1.165, 1.54) is 0 Å². The quantitative estimate of drug-likeness (QED) is 0.835. The molecule has 0 radical (unpaired) electrons. The maximum atomic E-state index is 6.31. The van der Waals surface area contributed by atoms with Crippen LogP contribution in [0.2, 0.25) is 5.02 Å². The van der Waals surface area contributed by atoms with Gasteiger partial charge in [0.2, 0.25) is 0 Å². The van der Waals surface area contributed by atoms with E-state index in [0.29, 0.717) is 0 Å². The first-order valence-electron chi connectivity index (χ1n) is 6.13. The maximum absolute atomic E-state index is 6.31. The average Bonchev–Trinajstić information content (AvgIpc) is 2.56. The van der Waals surface area contributed by atoms with Gasteiger partial charge in [0.05, 0.1) is 16.4 Å². The van der Waals surface area contributed by atoms with Gasteiger partial charge in [0.25, 0.3) is 0 Å². The van der Waals surface area contributed by atoms with Crippen LogP contribution in [0.3, 0.4) is 0 Å². The largest absolute Gasteiger partial charge is 0.327 e. The molecule has 0 aliphatic heterocycles. The monoisotopic (exact) mass is 243 g/mol. The van der Waals surface area contributed by atoms with Gasteiger partial charge in [0, 0.05) is 19.0 Å². The zero-order valence-electron chi connectivity index (χ0n) is 10.5. The van der Waals surface area contributed by atoms with E-state index in [4.69, 9.17) is 17.3 Å². The van der Waals surface area contributed by atoms with Crippen LogP contribution in [-0.2, 0) is 19.4 Å². The number of nitrogens with zero attached hydrogens (tertiary/aromatic N) is 2. The molecule has 0 amide bonds. The molecule has 0 aliphatic rings. The minimum absolute atomic E-state index is 0.189. The summed E-state index contributed by atoms with van der Waals surface area (Å²) in [5.74, 6) is 0.